The van der Waals surface area contributed by atoms with E-state index in [0.717, 1.165) is 0 Å². The number of carbonyl (C=O) groups is 3. The second kappa shape index (κ2) is 10.2. The van der Waals surface area contributed by atoms with Crippen LogP contribution in [0.4, 0.5) is 24.5 Å². The molecular weight excluding hydrogens is 457 g/mol. The number of carboxylic acid groups (broad SMARTS) is 1. The normalized spacial score (nSPS) is 11.0. The van der Waals surface area contributed by atoms with Crippen LogP contribution in [0.15, 0.2) is 77.7 Å². The van der Waals surface area contributed by atoms with E-state index < -0.39 is 23.3 Å². The molecular formula is C23H17F3N2O4S. The summed E-state index contributed by atoms with van der Waals surface area (Å²) >= 11 is -0.281. The van der Waals surface area contributed by atoms with Crippen molar-refractivity contribution in [2.24, 2.45) is 0 Å². The van der Waals surface area contributed by atoms with Crippen molar-refractivity contribution >= 4 is 40.9 Å². The molecule has 0 heterocycles. The van der Waals surface area contributed by atoms with Crippen molar-refractivity contribution in [3.63, 3.8) is 0 Å². The third-order valence-corrected chi connectivity index (χ3v) is 5.05. The molecule has 0 fully saturated rings. The van der Waals surface area contributed by atoms with Gasteiger partial charge >= 0.3 is 11.5 Å². The SMILES string of the molecule is O=C(O)Cc1cccc(NC(=O)c2ccccc2NC(=O)c2ccc(SC(F)(F)F)cc2)c1. The van der Waals surface area contributed by atoms with Gasteiger partial charge in [-0.2, -0.15) is 13.2 Å². The Morgan fingerprint density at radius 3 is 2.21 bits per heavy atom. The van der Waals surface area contributed by atoms with Gasteiger partial charge in [-0.25, -0.2) is 0 Å². The van der Waals surface area contributed by atoms with Crippen LogP contribution in [0.5, 0.6) is 0 Å². The van der Waals surface area contributed by atoms with Crippen LogP contribution in [0.25, 0.3) is 0 Å². The smallest absolute Gasteiger partial charge is 0.446 e. The molecule has 3 aromatic carbocycles. The Morgan fingerprint density at radius 1 is 0.848 bits per heavy atom. The molecule has 0 saturated carbocycles. The second-order valence-electron chi connectivity index (χ2n) is 6.80. The molecule has 3 N–H and O–H groups in total. The third-order valence-electron chi connectivity index (χ3n) is 4.31. The number of anilines is 2. The summed E-state index contributed by atoms with van der Waals surface area (Å²) in [5.74, 6) is -2.13. The first-order valence-electron chi connectivity index (χ1n) is 9.49. The molecule has 0 bridgehead atoms. The van der Waals surface area contributed by atoms with Crippen molar-refractivity contribution < 1.29 is 32.7 Å². The molecule has 0 aromatic heterocycles. The highest BCUT2D eigenvalue weighted by molar-refractivity contribution is 8.00. The summed E-state index contributed by atoms with van der Waals surface area (Å²) in [6.45, 7) is 0. The Bertz CT molecular complexity index is 1180. The van der Waals surface area contributed by atoms with Crippen molar-refractivity contribution in [1.29, 1.82) is 0 Å². The van der Waals surface area contributed by atoms with E-state index in [1.165, 1.54) is 42.5 Å². The van der Waals surface area contributed by atoms with Crippen molar-refractivity contribution in [3.05, 3.63) is 89.5 Å². The number of aliphatic carboxylic acids is 1. The van der Waals surface area contributed by atoms with E-state index in [1.807, 2.05) is 0 Å². The van der Waals surface area contributed by atoms with Crippen LogP contribution >= 0.6 is 11.8 Å². The predicted molar refractivity (Wildman–Crippen MR) is 118 cm³/mol. The van der Waals surface area contributed by atoms with E-state index in [4.69, 9.17) is 5.11 Å². The number of alkyl halides is 3. The molecule has 3 aromatic rings. The summed E-state index contributed by atoms with van der Waals surface area (Å²) in [6.07, 6.45) is -0.198. The van der Waals surface area contributed by atoms with Crippen molar-refractivity contribution in [2.45, 2.75) is 16.8 Å². The lowest BCUT2D eigenvalue weighted by atomic mass is 10.1. The Hall–Kier alpha value is -3.79. The maximum Gasteiger partial charge on any atom is 0.446 e. The minimum atomic E-state index is -4.43. The van der Waals surface area contributed by atoms with Crippen LogP contribution in [0.3, 0.4) is 0 Å². The van der Waals surface area contributed by atoms with E-state index in [0.29, 0.717) is 11.3 Å². The molecule has 170 valence electrons. The standard InChI is InChI=1S/C23H17F3N2O4S/c24-23(25,26)33-17-10-8-15(9-11-17)21(31)28-19-7-2-1-6-18(19)22(32)27-16-5-3-4-14(12-16)13-20(29)30/h1-12H,13H2,(H,27,32)(H,28,31)(H,29,30). The van der Waals surface area contributed by atoms with E-state index in [-0.39, 0.29) is 39.9 Å². The van der Waals surface area contributed by atoms with E-state index >= 15 is 0 Å². The molecule has 2 amide bonds. The molecule has 0 aliphatic carbocycles. The van der Waals surface area contributed by atoms with Crippen LogP contribution in [-0.4, -0.2) is 28.4 Å². The highest BCUT2D eigenvalue weighted by Gasteiger charge is 2.29. The quantitative estimate of drug-likeness (QED) is 0.397. The zero-order chi connectivity index (χ0) is 24.0. The summed E-state index contributed by atoms with van der Waals surface area (Å²) in [4.78, 5) is 36.2. The van der Waals surface area contributed by atoms with Gasteiger partial charge in [0.25, 0.3) is 11.8 Å². The van der Waals surface area contributed by atoms with Crippen LogP contribution in [-0.2, 0) is 11.2 Å². The highest BCUT2D eigenvalue weighted by Crippen LogP contribution is 2.36. The number of benzene rings is 3. The lowest BCUT2D eigenvalue weighted by Crippen LogP contribution is -2.18. The maximum atomic E-state index is 12.8. The summed E-state index contributed by atoms with van der Waals surface area (Å²) in [5, 5.41) is 14.2. The average molecular weight is 474 g/mol. The van der Waals surface area contributed by atoms with Gasteiger partial charge in [-0.05, 0) is 65.9 Å². The van der Waals surface area contributed by atoms with Crippen molar-refractivity contribution in [3.8, 4) is 0 Å². The number of nitrogens with one attached hydrogen (secondary N) is 2. The van der Waals surface area contributed by atoms with Gasteiger partial charge in [0.1, 0.15) is 0 Å². The highest BCUT2D eigenvalue weighted by atomic mass is 32.2. The zero-order valence-corrected chi connectivity index (χ0v) is 17.7. The van der Waals surface area contributed by atoms with Crippen molar-refractivity contribution in [1.82, 2.24) is 0 Å². The van der Waals surface area contributed by atoms with Crippen LogP contribution in [0.2, 0.25) is 0 Å². The van der Waals surface area contributed by atoms with Crippen LogP contribution < -0.4 is 10.6 Å². The fourth-order valence-electron chi connectivity index (χ4n) is 2.92. The predicted octanol–water partition coefficient (Wildman–Crippen LogP) is 5.43. The van der Waals surface area contributed by atoms with Gasteiger partial charge in [0.05, 0.1) is 17.7 Å². The van der Waals surface area contributed by atoms with Gasteiger partial charge < -0.3 is 15.7 Å². The van der Waals surface area contributed by atoms with E-state index in [2.05, 4.69) is 10.6 Å². The summed E-state index contributed by atoms with van der Waals surface area (Å²) < 4.78 is 37.4. The fraction of sp³-hybridized carbons (Fsp3) is 0.0870. The molecule has 33 heavy (non-hydrogen) atoms. The minimum absolute atomic E-state index is 0.0519. The summed E-state index contributed by atoms with van der Waals surface area (Å²) in [7, 11) is 0. The Balaban J connectivity index is 1.73. The number of hydrogen-bond donors (Lipinski definition) is 3. The molecule has 6 nitrogen and oxygen atoms in total. The number of thioether (sulfide) groups is 1. The number of carbonyl (C=O) groups excluding carboxylic acids is 2. The Morgan fingerprint density at radius 2 is 1.55 bits per heavy atom. The number of amides is 2. The Labute approximate surface area is 190 Å². The summed E-state index contributed by atoms with van der Waals surface area (Å²) in [6, 6.07) is 17.5. The van der Waals surface area contributed by atoms with Gasteiger partial charge in [0.15, 0.2) is 0 Å². The Kier molecular flexibility index (Phi) is 7.39. The first-order chi connectivity index (χ1) is 15.6. The number of hydrogen-bond acceptors (Lipinski definition) is 4. The topological polar surface area (TPSA) is 95.5 Å². The lowest BCUT2D eigenvalue weighted by molar-refractivity contribution is -0.136. The zero-order valence-electron chi connectivity index (χ0n) is 16.8. The van der Waals surface area contributed by atoms with E-state index in [9.17, 15) is 27.6 Å². The fourth-order valence-corrected chi connectivity index (χ4v) is 3.46. The van der Waals surface area contributed by atoms with Gasteiger partial charge in [0.2, 0.25) is 0 Å². The summed E-state index contributed by atoms with van der Waals surface area (Å²) in [5.41, 5.74) is -3.05. The number of halogens is 3. The number of rotatable bonds is 7. The van der Waals surface area contributed by atoms with E-state index in [1.54, 1.807) is 30.3 Å². The van der Waals surface area contributed by atoms with Crippen molar-refractivity contribution in [2.75, 3.05) is 10.6 Å². The monoisotopic (exact) mass is 474 g/mol. The van der Waals surface area contributed by atoms with Crippen LogP contribution in [0, 0.1) is 0 Å². The van der Waals surface area contributed by atoms with Gasteiger partial charge in [-0.1, -0.05) is 24.3 Å². The molecule has 3 rings (SSSR count). The molecule has 0 saturated heterocycles. The van der Waals surface area contributed by atoms with Gasteiger partial charge in [-0.15, -0.1) is 0 Å². The average Bonchev–Trinajstić information content (AvgIpc) is 2.73. The minimum Gasteiger partial charge on any atom is -0.481 e. The first kappa shape index (κ1) is 23.9. The van der Waals surface area contributed by atoms with Gasteiger partial charge in [-0.3, -0.25) is 14.4 Å². The number of carboxylic acids is 1. The molecule has 0 aliphatic heterocycles. The molecule has 10 heteroatoms. The largest absolute Gasteiger partial charge is 0.481 e. The lowest BCUT2D eigenvalue weighted by Gasteiger charge is -2.12. The molecule has 0 unspecified atom stereocenters. The molecule has 0 atom stereocenters. The molecule has 0 radical (unpaired) electrons. The van der Waals surface area contributed by atoms with Crippen LogP contribution in [0.1, 0.15) is 26.3 Å². The first-order valence-corrected chi connectivity index (χ1v) is 10.3. The number of para-hydroxylation sites is 1. The third kappa shape index (κ3) is 7.11. The molecule has 0 aliphatic rings. The molecule has 0 spiro atoms. The van der Waals surface area contributed by atoms with Gasteiger partial charge in [0, 0.05) is 16.1 Å². The second-order valence-corrected chi connectivity index (χ2v) is 7.94. The maximum absolute atomic E-state index is 12.8.